The maximum atomic E-state index is 14.5. The lowest BCUT2D eigenvalue weighted by atomic mass is 9.95. The number of hydrogen-bond acceptors (Lipinski definition) is 5. The smallest absolute Gasteiger partial charge is 0.410 e. The molecule has 0 radical (unpaired) electrons. The molecule has 3 aromatic rings. The maximum Gasteiger partial charge on any atom is 0.410 e. The highest BCUT2D eigenvalue weighted by Gasteiger charge is 2.44. The summed E-state index contributed by atoms with van der Waals surface area (Å²) in [6, 6.07) is 12.4. The second kappa shape index (κ2) is 11.9. The topological polar surface area (TPSA) is 73.7 Å². The van der Waals surface area contributed by atoms with Crippen LogP contribution in [0.2, 0.25) is 18.1 Å². The van der Waals surface area contributed by atoms with E-state index in [-0.39, 0.29) is 42.0 Å². The summed E-state index contributed by atoms with van der Waals surface area (Å²) in [6.07, 6.45) is 2.40. The van der Waals surface area contributed by atoms with Gasteiger partial charge in [0.05, 0.1) is 35.0 Å². The molecule has 1 fully saturated rings. The highest BCUT2D eigenvalue weighted by Crippen LogP contribution is 2.39. The van der Waals surface area contributed by atoms with Crippen LogP contribution in [-0.4, -0.2) is 53.3 Å². The van der Waals surface area contributed by atoms with Gasteiger partial charge in [-0.25, -0.2) is 14.2 Å². The number of ketones is 1. The number of halogens is 2. The Balaban J connectivity index is 1.55. The third-order valence-electron chi connectivity index (χ3n) is 7.88. The van der Waals surface area contributed by atoms with Crippen molar-refractivity contribution in [2.24, 2.45) is 0 Å². The fraction of sp³-hybridized carbons (Fsp3) is 0.483. The summed E-state index contributed by atoms with van der Waals surface area (Å²) in [4.78, 5) is 32.6. The maximum absolute atomic E-state index is 14.5. The predicted octanol–water partition coefficient (Wildman–Crippen LogP) is 7.09. The second-order valence-electron chi connectivity index (χ2n) is 11.7. The number of ether oxygens (including phenoxy) is 1. The number of likely N-dealkylation sites (tertiary alicyclic amines) is 1. The average molecular weight is 619 g/mol. The number of fused-ring (bicyclic) bond motifs is 1. The summed E-state index contributed by atoms with van der Waals surface area (Å²) in [5.41, 5.74) is 1.65. The van der Waals surface area contributed by atoms with E-state index in [4.69, 9.17) is 9.16 Å². The molecule has 1 aromatic heterocycles. The number of carbonyl (C=O) groups excluding carboxylic acids is 2. The summed E-state index contributed by atoms with van der Waals surface area (Å²) < 4.78 is 28.9. The number of hydrogen-bond donors (Lipinski definition) is 0. The minimum absolute atomic E-state index is 0.0216. The number of imidazole rings is 1. The number of amides is 1. The Morgan fingerprint density at radius 2 is 1.87 bits per heavy atom. The van der Waals surface area contributed by atoms with Crippen molar-refractivity contribution >= 4 is 47.2 Å². The van der Waals surface area contributed by atoms with Gasteiger partial charge in [0.25, 0.3) is 0 Å². The molecule has 39 heavy (non-hydrogen) atoms. The summed E-state index contributed by atoms with van der Waals surface area (Å²) in [6.45, 7) is 11.6. The van der Waals surface area contributed by atoms with Crippen molar-refractivity contribution in [1.29, 1.82) is 0 Å². The van der Waals surface area contributed by atoms with E-state index in [9.17, 15) is 14.0 Å². The van der Waals surface area contributed by atoms with Crippen LogP contribution in [0, 0.1) is 5.82 Å². The van der Waals surface area contributed by atoms with E-state index in [1.807, 2.05) is 30.3 Å². The van der Waals surface area contributed by atoms with E-state index in [0.29, 0.717) is 16.5 Å². The summed E-state index contributed by atoms with van der Waals surface area (Å²) in [7, 11) is -2.18. The lowest BCUT2D eigenvalue weighted by Gasteiger charge is -2.46. The van der Waals surface area contributed by atoms with E-state index in [1.54, 1.807) is 21.6 Å². The molecule has 7 nitrogen and oxygen atoms in total. The number of Topliss-reactive ketones (excluding diaryl/α,β-unsaturated/α-hetero) is 1. The van der Waals surface area contributed by atoms with Crippen molar-refractivity contribution in [1.82, 2.24) is 14.5 Å². The zero-order chi connectivity index (χ0) is 28.4. The Kier molecular flexibility index (Phi) is 8.97. The molecule has 0 unspecified atom stereocenters. The van der Waals surface area contributed by atoms with Crippen molar-refractivity contribution in [3.8, 4) is 0 Å². The van der Waals surface area contributed by atoms with Gasteiger partial charge in [-0.3, -0.25) is 4.79 Å². The molecule has 0 spiro atoms. The average Bonchev–Trinajstić information content (AvgIpc) is 3.28. The van der Waals surface area contributed by atoms with Gasteiger partial charge >= 0.3 is 6.09 Å². The van der Waals surface area contributed by atoms with E-state index < -0.39 is 26.3 Å². The molecule has 2 heterocycles. The normalized spacial score (nSPS) is 18.4. The lowest BCUT2D eigenvalue weighted by Crippen LogP contribution is -2.56. The first kappa shape index (κ1) is 29.4. The number of benzene rings is 2. The molecule has 1 aliphatic heterocycles. The molecular weight excluding hydrogens is 581 g/mol. The molecule has 210 valence electrons. The first-order valence-electron chi connectivity index (χ1n) is 13.3. The molecule has 10 heteroatoms. The van der Waals surface area contributed by atoms with E-state index in [0.717, 1.165) is 18.4 Å². The summed E-state index contributed by atoms with van der Waals surface area (Å²) in [5.74, 6) is -0.546. The van der Waals surface area contributed by atoms with Gasteiger partial charge in [0.2, 0.25) is 0 Å². The fourth-order valence-electron chi connectivity index (χ4n) is 4.67. The first-order valence-corrected chi connectivity index (χ1v) is 17.0. The Morgan fingerprint density at radius 3 is 2.56 bits per heavy atom. The van der Waals surface area contributed by atoms with Crippen LogP contribution in [0.5, 0.6) is 0 Å². The van der Waals surface area contributed by atoms with Crippen molar-refractivity contribution < 1.29 is 23.1 Å². The Bertz CT molecular complexity index is 1330. The number of aromatic nitrogens is 2. The van der Waals surface area contributed by atoms with Crippen LogP contribution in [-0.2, 0) is 27.1 Å². The number of piperidine rings is 1. The second-order valence-corrected chi connectivity index (χ2v) is 17.3. The molecular formula is C29H37BrFN3O4Si. The van der Waals surface area contributed by atoms with Crippen molar-refractivity contribution in [3.05, 3.63) is 64.6 Å². The van der Waals surface area contributed by atoms with Crippen LogP contribution in [0.25, 0.3) is 11.0 Å². The molecule has 1 amide bonds. The van der Waals surface area contributed by atoms with Crippen molar-refractivity contribution in [2.75, 3.05) is 6.54 Å². The zero-order valence-electron chi connectivity index (χ0n) is 23.2. The number of nitrogens with zero attached hydrogens (tertiary/aromatic N) is 3. The third-order valence-corrected chi connectivity index (χ3v) is 13.0. The summed E-state index contributed by atoms with van der Waals surface area (Å²) >= 11 is 3.18. The zero-order valence-corrected chi connectivity index (χ0v) is 25.8. The Morgan fingerprint density at radius 1 is 1.15 bits per heavy atom. The number of carbonyl (C=O) groups is 2. The van der Waals surface area contributed by atoms with E-state index in [1.165, 1.54) is 6.33 Å². The van der Waals surface area contributed by atoms with Gasteiger partial charge in [-0.05, 0) is 64.6 Å². The Labute approximate surface area is 238 Å². The largest absolute Gasteiger partial charge is 0.445 e. The molecule has 1 saturated heterocycles. The van der Waals surface area contributed by atoms with Crippen LogP contribution < -0.4 is 0 Å². The van der Waals surface area contributed by atoms with Crippen molar-refractivity contribution in [2.45, 2.75) is 83.5 Å². The third kappa shape index (κ3) is 6.78. The van der Waals surface area contributed by atoms with Crippen molar-refractivity contribution in [3.63, 3.8) is 0 Å². The van der Waals surface area contributed by atoms with E-state index in [2.05, 4.69) is 54.8 Å². The highest BCUT2D eigenvalue weighted by atomic mass is 79.9. The quantitative estimate of drug-likeness (QED) is 0.252. The SMILES string of the molecule is CC(C)(C)[Si](C)(C)O[C@H]1CCCN(C(=O)OCc2ccccc2)[C@@H]1CC(=O)Cn1cnc2c(F)c(Br)ccc21. The van der Waals surface area contributed by atoms with Gasteiger partial charge in [-0.2, -0.15) is 0 Å². The molecule has 0 N–H and O–H groups in total. The highest BCUT2D eigenvalue weighted by molar-refractivity contribution is 9.10. The van der Waals surface area contributed by atoms with Crippen LogP contribution in [0.3, 0.4) is 0 Å². The molecule has 1 aliphatic rings. The van der Waals surface area contributed by atoms with Gasteiger partial charge in [0.15, 0.2) is 19.9 Å². The monoisotopic (exact) mass is 617 g/mol. The van der Waals surface area contributed by atoms with Crippen LogP contribution in [0.1, 0.15) is 45.6 Å². The Hall–Kier alpha value is -2.56. The minimum Gasteiger partial charge on any atom is -0.445 e. The predicted molar refractivity (Wildman–Crippen MR) is 155 cm³/mol. The van der Waals surface area contributed by atoms with Gasteiger partial charge < -0.3 is 18.6 Å². The van der Waals surface area contributed by atoms with Crippen LogP contribution in [0.4, 0.5) is 9.18 Å². The number of rotatable bonds is 8. The van der Waals surface area contributed by atoms with Crippen LogP contribution >= 0.6 is 15.9 Å². The molecule has 0 aliphatic carbocycles. The molecule has 4 rings (SSSR count). The fourth-order valence-corrected chi connectivity index (χ4v) is 6.38. The van der Waals surface area contributed by atoms with Crippen LogP contribution in [0.15, 0.2) is 53.3 Å². The van der Waals surface area contributed by atoms with Gasteiger partial charge in [0.1, 0.15) is 12.1 Å². The summed E-state index contributed by atoms with van der Waals surface area (Å²) in [5, 5.41) is -0.0221. The molecule has 2 atom stereocenters. The van der Waals surface area contributed by atoms with Gasteiger partial charge in [0, 0.05) is 13.0 Å². The minimum atomic E-state index is -2.18. The standard InChI is InChI=1S/C29H37BrFN3O4Si/c1-29(2,3)39(4,5)38-25-12-9-15-34(28(36)37-18-20-10-7-6-8-11-20)24(25)16-21(35)17-33-19-32-27-23(33)14-13-22(30)26(27)31/h6-8,10-11,13-14,19,24-25H,9,12,15-18H2,1-5H3/t24-,25+/m1/s1. The molecule has 0 bridgehead atoms. The first-order chi connectivity index (χ1) is 18.4. The van der Waals surface area contributed by atoms with E-state index >= 15 is 0 Å². The van der Waals surface area contributed by atoms with Gasteiger partial charge in [-0.15, -0.1) is 0 Å². The lowest BCUT2D eigenvalue weighted by molar-refractivity contribution is -0.122. The molecule has 0 saturated carbocycles. The van der Waals surface area contributed by atoms with Gasteiger partial charge in [-0.1, -0.05) is 51.1 Å². The molecule has 2 aromatic carbocycles.